The van der Waals surface area contributed by atoms with Crippen LogP contribution in [0.3, 0.4) is 0 Å². The van der Waals surface area contributed by atoms with Gasteiger partial charge in [0.2, 0.25) is 5.91 Å². The fourth-order valence-corrected chi connectivity index (χ4v) is 1.91. The average molecular weight is 249 g/mol. The Morgan fingerprint density at radius 3 is 3.00 bits per heavy atom. The molecule has 1 amide bonds. The Morgan fingerprint density at radius 1 is 1.50 bits per heavy atom. The van der Waals surface area contributed by atoms with Gasteiger partial charge in [0.25, 0.3) is 0 Å². The fraction of sp³-hybridized carbons (Fsp3) is 0.500. The summed E-state index contributed by atoms with van der Waals surface area (Å²) in [6.07, 6.45) is 1.40. The van der Waals surface area contributed by atoms with Gasteiger partial charge in [-0.2, -0.15) is 0 Å². The van der Waals surface area contributed by atoms with Gasteiger partial charge < -0.3 is 14.8 Å². The molecule has 1 heterocycles. The maximum absolute atomic E-state index is 11.6. The van der Waals surface area contributed by atoms with Crippen molar-refractivity contribution in [3.63, 3.8) is 0 Å². The number of carbonyl (C=O) groups excluding carboxylic acids is 1. The highest BCUT2D eigenvalue weighted by atomic mass is 16.5. The topological polar surface area (TPSA) is 47.6 Å². The molecule has 1 saturated heterocycles. The number of amides is 1. The average Bonchev–Trinajstić information content (AvgIpc) is 2.34. The van der Waals surface area contributed by atoms with Crippen molar-refractivity contribution in [2.75, 3.05) is 26.9 Å². The zero-order valence-electron chi connectivity index (χ0n) is 10.6. The molecule has 0 radical (unpaired) electrons. The van der Waals surface area contributed by atoms with E-state index in [-0.39, 0.29) is 5.91 Å². The highest BCUT2D eigenvalue weighted by molar-refractivity contribution is 5.76. The molecular weight excluding hydrogens is 230 g/mol. The van der Waals surface area contributed by atoms with Gasteiger partial charge >= 0.3 is 0 Å². The van der Waals surface area contributed by atoms with Crippen LogP contribution in [-0.2, 0) is 16.0 Å². The summed E-state index contributed by atoms with van der Waals surface area (Å²) in [6.45, 7) is 2.12. The summed E-state index contributed by atoms with van der Waals surface area (Å²) in [7, 11) is 1.65. The number of methoxy groups -OCH3 is 1. The summed E-state index contributed by atoms with van der Waals surface area (Å²) in [6, 6.07) is 7.90. The third-order valence-corrected chi connectivity index (χ3v) is 3.05. The minimum absolute atomic E-state index is 0.117. The fourth-order valence-electron chi connectivity index (χ4n) is 1.91. The quantitative estimate of drug-likeness (QED) is 0.828. The molecule has 4 nitrogen and oxygen atoms in total. The lowest BCUT2D eigenvalue weighted by atomic mass is 10.0. The highest BCUT2D eigenvalue weighted by Gasteiger charge is 2.21. The van der Waals surface area contributed by atoms with Crippen LogP contribution >= 0.6 is 0 Å². The molecule has 0 aliphatic carbocycles. The van der Waals surface area contributed by atoms with Gasteiger partial charge in [0.15, 0.2) is 0 Å². The summed E-state index contributed by atoms with van der Waals surface area (Å²) < 4.78 is 10.2. The number of benzene rings is 1. The Hall–Kier alpha value is -1.55. The number of ether oxygens (including phenoxy) is 2. The second-order valence-corrected chi connectivity index (χ2v) is 4.56. The van der Waals surface area contributed by atoms with Crippen molar-refractivity contribution in [3.8, 4) is 5.75 Å². The van der Waals surface area contributed by atoms with Crippen molar-refractivity contribution >= 4 is 5.91 Å². The van der Waals surface area contributed by atoms with E-state index in [1.54, 1.807) is 7.11 Å². The summed E-state index contributed by atoms with van der Waals surface area (Å²) in [4.78, 5) is 11.6. The van der Waals surface area contributed by atoms with E-state index in [1.165, 1.54) is 5.56 Å². The third-order valence-electron chi connectivity index (χ3n) is 3.05. The maximum Gasteiger partial charge on any atom is 0.220 e. The van der Waals surface area contributed by atoms with Crippen LogP contribution in [0.15, 0.2) is 24.3 Å². The number of carbonyl (C=O) groups is 1. The molecular formula is C14H19NO3. The van der Waals surface area contributed by atoms with Crippen LogP contribution in [0.5, 0.6) is 5.75 Å². The van der Waals surface area contributed by atoms with Gasteiger partial charge in [0.05, 0.1) is 20.3 Å². The summed E-state index contributed by atoms with van der Waals surface area (Å²) in [5.74, 6) is 1.39. The first-order valence-electron chi connectivity index (χ1n) is 6.25. The summed E-state index contributed by atoms with van der Waals surface area (Å²) in [5, 5.41) is 2.93. The van der Waals surface area contributed by atoms with Gasteiger partial charge in [-0.05, 0) is 24.1 Å². The molecule has 0 saturated carbocycles. The Labute approximate surface area is 107 Å². The zero-order valence-corrected chi connectivity index (χ0v) is 10.6. The molecule has 4 heteroatoms. The Morgan fingerprint density at radius 2 is 2.33 bits per heavy atom. The molecule has 98 valence electrons. The third kappa shape index (κ3) is 3.74. The number of rotatable bonds is 6. The van der Waals surface area contributed by atoms with Crippen molar-refractivity contribution in [3.05, 3.63) is 29.8 Å². The Bertz CT molecular complexity index is 402. The molecule has 0 unspecified atom stereocenters. The van der Waals surface area contributed by atoms with Crippen LogP contribution in [0.2, 0.25) is 0 Å². The van der Waals surface area contributed by atoms with E-state index in [0.29, 0.717) is 18.9 Å². The van der Waals surface area contributed by atoms with E-state index < -0.39 is 0 Å². The van der Waals surface area contributed by atoms with Gasteiger partial charge in [-0.1, -0.05) is 12.1 Å². The number of nitrogens with one attached hydrogen (secondary N) is 1. The second kappa shape index (κ2) is 6.40. The molecule has 0 aromatic heterocycles. The Balaban J connectivity index is 1.68. The smallest absolute Gasteiger partial charge is 0.220 e. The number of hydrogen-bond acceptors (Lipinski definition) is 3. The SMILES string of the molecule is COc1cccc(CCNC(=O)CC2COC2)c1. The minimum Gasteiger partial charge on any atom is -0.497 e. The van der Waals surface area contributed by atoms with E-state index in [0.717, 1.165) is 25.4 Å². The van der Waals surface area contributed by atoms with Crippen LogP contribution in [-0.4, -0.2) is 32.8 Å². The lowest BCUT2D eigenvalue weighted by Gasteiger charge is -2.25. The van der Waals surface area contributed by atoms with Gasteiger partial charge in [0.1, 0.15) is 5.75 Å². The highest BCUT2D eigenvalue weighted by Crippen LogP contribution is 2.14. The molecule has 1 fully saturated rings. The van der Waals surface area contributed by atoms with Crippen LogP contribution in [0, 0.1) is 5.92 Å². The Kier molecular flexibility index (Phi) is 4.59. The molecule has 1 aromatic carbocycles. The molecule has 1 aromatic rings. The molecule has 18 heavy (non-hydrogen) atoms. The van der Waals surface area contributed by atoms with Crippen molar-refractivity contribution in [2.45, 2.75) is 12.8 Å². The van der Waals surface area contributed by atoms with Gasteiger partial charge in [-0.25, -0.2) is 0 Å². The molecule has 1 aliphatic rings. The molecule has 0 bridgehead atoms. The van der Waals surface area contributed by atoms with Crippen molar-refractivity contribution < 1.29 is 14.3 Å². The summed E-state index contributed by atoms with van der Waals surface area (Å²) in [5.41, 5.74) is 1.17. The number of hydrogen-bond donors (Lipinski definition) is 1. The van der Waals surface area contributed by atoms with E-state index >= 15 is 0 Å². The largest absolute Gasteiger partial charge is 0.497 e. The second-order valence-electron chi connectivity index (χ2n) is 4.56. The van der Waals surface area contributed by atoms with Gasteiger partial charge in [-0.3, -0.25) is 4.79 Å². The van der Waals surface area contributed by atoms with Crippen LogP contribution in [0.1, 0.15) is 12.0 Å². The van der Waals surface area contributed by atoms with E-state index in [4.69, 9.17) is 9.47 Å². The monoisotopic (exact) mass is 249 g/mol. The lowest BCUT2D eigenvalue weighted by Crippen LogP contribution is -2.35. The maximum atomic E-state index is 11.6. The molecule has 0 atom stereocenters. The van der Waals surface area contributed by atoms with Crippen LogP contribution < -0.4 is 10.1 Å². The van der Waals surface area contributed by atoms with E-state index in [1.807, 2.05) is 24.3 Å². The molecule has 1 N–H and O–H groups in total. The summed E-state index contributed by atoms with van der Waals surface area (Å²) >= 11 is 0. The molecule has 2 rings (SSSR count). The van der Waals surface area contributed by atoms with Crippen LogP contribution in [0.4, 0.5) is 0 Å². The first kappa shape index (κ1) is 12.9. The predicted molar refractivity (Wildman–Crippen MR) is 68.6 cm³/mol. The zero-order chi connectivity index (χ0) is 12.8. The first-order chi connectivity index (χ1) is 8.78. The predicted octanol–water partition coefficient (Wildman–Crippen LogP) is 1.39. The standard InChI is InChI=1S/C14H19NO3/c1-17-13-4-2-3-11(7-13)5-6-15-14(16)8-12-9-18-10-12/h2-4,7,12H,5-6,8-10H2,1H3,(H,15,16). The normalized spacial score (nSPS) is 14.9. The van der Waals surface area contributed by atoms with E-state index in [9.17, 15) is 4.79 Å². The molecule has 1 aliphatic heterocycles. The molecule has 0 spiro atoms. The van der Waals surface area contributed by atoms with Crippen molar-refractivity contribution in [1.29, 1.82) is 0 Å². The van der Waals surface area contributed by atoms with Crippen molar-refractivity contribution in [1.82, 2.24) is 5.32 Å². The van der Waals surface area contributed by atoms with Gasteiger partial charge in [-0.15, -0.1) is 0 Å². The van der Waals surface area contributed by atoms with Gasteiger partial charge in [0, 0.05) is 18.9 Å². The van der Waals surface area contributed by atoms with Crippen molar-refractivity contribution in [2.24, 2.45) is 5.92 Å². The minimum atomic E-state index is 0.117. The first-order valence-corrected chi connectivity index (χ1v) is 6.25. The lowest BCUT2D eigenvalue weighted by molar-refractivity contribution is -0.126. The van der Waals surface area contributed by atoms with E-state index in [2.05, 4.69) is 5.32 Å². The van der Waals surface area contributed by atoms with Crippen LogP contribution in [0.25, 0.3) is 0 Å².